The minimum absolute atomic E-state index is 0.0556. The minimum Gasteiger partial charge on any atom is -0.382 e. The van der Waals surface area contributed by atoms with Crippen LogP contribution in [0, 0.1) is 5.82 Å². The maximum atomic E-state index is 14.5. The van der Waals surface area contributed by atoms with E-state index in [2.05, 4.69) is 27.2 Å². The predicted octanol–water partition coefficient (Wildman–Crippen LogP) is 3.74. The van der Waals surface area contributed by atoms with Crippen molar-refractivity contribution in [1.29, 1.82) is 0 Å². The highest BCUT2D eigenvalue weighted by Crippen LogP contribution is 2.27. The molecule has 0 radical (unpaired) electrons. The number of hydrogen-bond acceptors (Lipinski definition) is 5. The van der Waals surface area contributed by atoms with Gasteiger partial charge in [0.2, 0.25) is 0 Å². The number of likely N-dealkylation sites (tertiary alicyclic amines) is 1. The topological polar surface area (TPSA) is 61.0 Å². The zero-order valence-corrected chi connectivity index (χ0v) is 16.6. The normalized spacial score (nSPS) is 19.8. The molecule has 4 rings (SSSR count). The molecular weight excluding hydrogens is 363 g/mol. The highest BCUT2D eigenvalue weighted by atomic mass is 32.2. The van der Waals surface area contributed by atoms with Gasteiger partial charge in [-0.05, 0) is 58.0 Å². The fraction of sp³-hybridized carbons (Fsp3) is 0.600. The molecule has 2 aliphatic rings. The summed E-state index contributed by atoms with van der Waals surface area (Å²) in [5, 5.41) is 4.05. The largest absolute Gasteiger partial charge is 0.382 e. The molecule has 2 fully saturated rings. The van der Waals surface area contributed by atoms with E-state index in [0.29, 0.717) is 28.4 Å². The fourth-order valence-electron chi connectivity index (χ4n) is 4.08. The molecule has 1 aromatic heterocycles. The molecule has 0 atom stereocenters. The number of nitrogens with one attached hydrogen (secondary N) is 2. The Hall–Kier alpha value is -1.60. The number of thioether (sulfide) groups is 1. The van der Waals surface area contributed by atoms with E-state index in [1.807, 2.05) is 17.8 Å². The van der Waals surface area contributed by atoms with Gasteiger partial charge >= 0.3 is 0 Å². The molecule has 27 heavy (non-hydrogen) atoms. The van der Waals surface area contributed by atoms with Crippen LogP contribution in [0.1, 0.15) is 44.3 Å². The van der Waals surface area contributed by atoms with E-state index in [4.69, 9.17) is 0 Å². The SMILES string of the molecule is CN1CCC(SCc2nc3cc(NC4CCCC4)cc(F)c3c(=O)[nH]2)CC1. The number of rotatable bonds is 5. The first kappa shape index (κ1) is 18.7. The van der Waals surface area contributed by atoms with E-state index in [9.17, 15) is 9.18 Å². The van der Waals surface area contributed by atoms with Crippen molar-refractivity contribution in [3.8, 4) is 0 Å². The minimum atomic E-state index is -0.503. The first-order chi connectivity index (χ1) is 13.1. The third-order valence-electron chi connectivity index (χ3n) is 5.66. The van der Waals surface area contributed by atoms with Crippen molar-refractivity contribution < 1.29 is 4.39 Å². The number of fused-ring (bicyclic) bond motifs is 1. The first-order valence-corrected chi connectivity index (χ1v) is 10.9. The monoisotopic (exact) mass is 390 g/mol. The Morgan fingerprint density at radius 1 is 1.26 bits per heavy atom. The molecule has 146 valence electrons. The predicted molar refractivity (Wildman–Crippen MR) is 110 cm³/mol. The summed E-state index contributed by atoms with van der Waals surface area (Å²) in [7, 11) is 2.15. The van der Waals surface area contributed by atoms with Gasteiger partial charge in [-0.15, -0.1) is 0 Å². The number of aromatic amines is 1. The van der Waals surface area contributed by atoms with E-state index in [1.165, 1.54) is 18.9 Å². The summed E-state index contributed by atoms with van der Waals surface area (Å²) in [5.41, 5.74) is 0.779. The number of H-pyrrole nitrogens is 1. The Balaban J connectivity index is 1.52. The molecular formula is C20H27FN4OS. The molecule has 5 nitrogen and oxygen atoms in total. The van der Waals surface area contributed by atoms with E-state index >= 15 is 0 Å². The number of aromatic nitrogens is 2. The molecule has 1 aliphatic heterocycles. The van der Waals surface area contributed by atoms with Gasteiger partial charge in [-0.1, -0.05) is 12.8 Å². The number of piperidine rings is 1. The van der Waals surface area contributed by atoms with Crippen molar-refractivity contribution in [2.45, 2.75) is 55.6 Å². The van der Waals surface area contributed by atoms with Gasteiger partial charge in [-0.2, -0.15) is 11.8 Å². The molecule has 1 saturated carbocycles. The van der Waals surface area contributed by atoms with Crippen molar-refractivity contribution in [2.75, 3.05) is 25.5 Å². The average molecular weight is 391 g/mol. The second-order valence-corrected chi connectivity index (χ2v) is 9.09. The summed E-state index contributed by atoms with van der Waals surface area (Å²) in [5.74, 6) is 0.784. The summed E-state index contributed by atoms with van der Waals surface area (Å²) in [4.78, 5) is 22.1. The van der Waals surface area contributed by atoms with Crippen molar-refractivity contribution >= 4 is 28.4 Å². The van der Waals surface area contributed by atoms with Crippen LogP contribution in [-0.4, -0.2) is 46.3 Å². The van der Waals surface area contributed by atoms with Gasteiger partial charge in [0.25, 0.3) is 5.56 Å². The lowest BCUT2D eigenvalue weighted by atomic mass is 10.1. The molecule has 7 heteroatoms. The fourth-order valence-corrected chi connectivity index (χ4v) is 5.15. The van der Waals surface area contributed by atoms with Gasteiger partial charge in [-0.25, -0.2) is 9.37 Å². The zero-order chi connectivity index (χ0) is 18.8. The zero-order valence-electron chi connectivity index (χ0n) is 15.8. The van der Waals surface area contributed by atoms with E-state index < -0.39 is 5.82 Å². The highest BCUT2D eigenvalue weighted by Gasteiger charge is 2.19. The maximum Gasteiger partial charge on any atom is 0.261 e. The lowest BCUT2D eigenvalue weighted by Gasteiger charge is -2.28. The van der Waals surface area contributed by atoms with Crippen LogP contribution in [0.25, 0.3) is 10.9 Å². The van der Waals surface area contributed by atoms with Crippen LogP contribution in [0.4, 0.5) is 10.1 Å². The molecule has 1 saturated heterocycles. The third kappa shape index (κ3) is 4.46. The van der Waals surface area contributed by atoms with Crippen LogP contribution < -0.4 is 10.9 Å². The molecule has 0 unspecified atom stereocenters. The van der Waals surface area contributed by atoms with Gasteiger partial charge in [0, 0.05) is 17.0 Å². The van der Waals surface area contributed by atoms with E-state index in [0.717, 1.165) is 44.5 Å². The smallest absolute Gasteiger partial charge is 0.261 e. The molecule has 0 amide bonds. The quantitative estimate of drug-likeness (QED) is 0.814. The lowest BCUT2D eigenvalue weighted by molar-refractivity contribution is 0.282. The van der Waals surface area contributed by atoms with Gasteiger partial charge in [0.15, 0.2) is 0 Å². The summed E-state index contributed by atoms with van der Waals surface area (Å²) >= 11 is 1.84. The third-order valence-corrected chi connectivity index (χ3v) is 7.04. The number of benzene rings is 1. The second kappa shape index (κ2) is 8.19. The Morgan fingerprint density at radius 3 is 2.74 bits per heavy atom. The number of anilines is 1. The van der Waals surface area contributed by atoms with Crippen LogP contribution in [0.2, 0.25) is 0 Å². The Morgan fingerprint density at radius 2 is 2.00 bits per heavy atom. The van der Waals surface area contributed by atoms with Gasteiger partial charge in [0.05, 0.1) is 11.3 Å². The summed E-state index contributed by atoms with van der Waals surface area (Å²) in [6.07, 6.45) is 6.96. The van der Waals surface area contributed by atoms with E-state index in [-0.39, 0.29) is 10.9 Å². The van der Waals surface area contributed by atoms with Crippen molar-refractivity contribution in [3.63, 3.8) is 0 Å². The number of hydrogen-bond donors (Lipinski definition) is 2. The molecule has 2 aromatic rings. The molecule has 1 aromatic carbocycles. The Bertz CT molecular complexity index is 857. The van der Waals surface area contributed by atoms with Crippen LogP contribution in [0.15, 0.2) is 16.9 Å². The maximum absolute atomic E-state index is 14.5. The van der Waals surface area contributed by atoms with Crippen LogP contribution in [0.3, 0.4) is 0 Å². The summed E-state index contributed by atoms with van der Waals surface area (Å²) in [6, 6.07) is 3.63. The van der Waals surface area contributed by atoms with E-state index in [1.54, 1.807) is 0 Å². The Labute approximate surface area is 163 Å². The first-order valence-electron chi connectivity index (χ1n) is 9.87. The standard InChI is InChI=1S/C20H27FN4OS/c1-25-8-6-15(7-9-25)27-12-18-23-17-11-14(22-13-4-2-3-5-13)10-16(21)19(17)20(26)24-18/h10-11,13,15,22H,2-9,12H2,1H3,(H,23,24,26). The lowest BCUT2D eigenvalue weighted by Crippen LogP contribution is -2.31. The second-order valence-electron chi connectivity index (χ2n) is 7.80. The van der Waals surface area contributed by atoms with Crippen molar-refractivity contribution in [2.24, 2.45) is 0 Å². The van der Waals surface area contributed by atoms with Crippen LogP contribution in [0.5, 0.6) is 0 Å². The Kier molecular flexibility index (Phi) is 5.68. The molecule has 0 spiro atoms. The summed E-state index contributed by atoms with van der Waals surface area (Å²) < 4.78 is 14.5. The van der Waals surface area contributed by atoms with Gasteiger partial charge < -0.3 is 15.2 Å². The number of nitrogens with zero attached hydrogens (tertiary/aromatic N) is 2. The molecule has 2 heterocycles. The highest BCUT2D eigenvalue weighted by molar-refractivity contribution is 7.99. The van der Waals surface area contributed by atoms with Gasteiger partial charge in [0.1, 0.15) is 17.0 Å². The number of halogens is 1. The molecule has 2 N–H and O–H groups in total. The van der Waals surface area contributed by atoms with Crippen molar-refractivity contribution in [1.82, 2.24) is 14.9 Å². The van der Waals surface area contributed by atoms with Crippen molar-refractivity contribution in [3.05, 3.63) is 34.1 Å². The van der Waals surface area contributed by atoms with Crippen LogP contribution >= 0.6 is 11.8 Å². The molecule has 1 aliphatic carbocycles. The summed E-state index contributed by atoms with van der Waals surface area (Å²) in [6.45, 7) is 2.22. The van der Waals surface area contributed by atoms with Gasteiger partial charge in [-0.3, -0.25) is 4.79 Å². The molecule has 0 bridgehead atoms. The van der Waals surface area contributed by atoms with Crippen LogP contribution in [-0.2, 0) is 5.75 Å². The average Bonchev–Trinajstić information content (AvgIpc) is 3.13.